The molecular weight excluding hydrogens is 372 g/mol. The number of nitrogens with one attached hydrogen (secondary N) is 1. The molecular formula is C19H19ClN2O3S. The molecule has 0 aliphatic carbocycles. The molecule has 0 saturated heterocycles. The van der Waals surface area contributed by atoms with Gasteiger partial charge in [0, 0.05) is 16.8 Å². The van der Waals surface area contributed by atoms with Gasteiger partial charge >= 0.3 is 6.09 Å². The van der Waals surface area contributed by atoms with Gasteiger partial charge in [-0.25, -0.2) is 9.78 Å². The minimum Gasteiger partial charge on any atom is -0.444 e. The number of amides is 1. The molecule has 3 rings (SSSR count). The van der Waals surface area contributed by atoms with Crippen molar-refractivity contribution in [3.63, 3.8) is 0 Å². The third-order valence-electron chi connectivity index (χ3n) is 3.32. The molecule has 7 heteroatoms. The van der Waals surface area contributed by atoms with Crippen molar-refractivity contribution in [1.29, 1.82) is 0 Å². The van der Waals surface area contributed by atoms with Gasteiger partial charge in [-0.1, -0.05) is 35.1 Å². The highest BCUT2D eigenvalue weighted by molar-refractivity contribution is 7.20. The average molecular weight is 391 g/mol. The largest absolute Gasteiger partial charge is 0.444 e. The fourth-order valence-corrected chi connectivity index (χ4v) is 3.46. The highest BCUT2D eigenvalue weighted by Gasteiger charge is 2.17. The molecule has 1 N–H and O–H groups in total. The summed E-state index contributed by atoms with van der Waals surface area (Å²) in [6.07, 6.45) is -0.554. The number of hydrogen-bond donors (Lipinski definition) is 1. The molecule has 1 aromatic heterocycles. The van der Waals surface area contributed by atoms with E-state index in [1.807, 2.05) is 25.1 Å². The van der Waals surface area contributed by atoms with Crippen LogP contribution in [0.15, 0.2) is 36.4 Å². The quantitative estimate of drug-likeness (QED) is 0.562. The summed E-state index contributed by atoms with van der Waals surface area (Å²) in [6, 6.07) is 11.0. The number of para-hydroxylation sites is 1. The van der Waals surface area contributed by atoms with Crippen LogP contribution in [0.5, 0.6) is 10.9 Å². The minimum atomic E-state index is -0.582. The van der Waals surface area contributed by atoms with Gasteiger partial charge in [0.15, 0.2) is 0 Å². The molecule has 1 amide bonds. The molecule has 0 radical (unpaired) electrons. The van der Waals surface area contributed by atoms with E-state index in [0.717, 1.165) is 15.8 Å². The molecule has 5 nitrogen and oxygen atoms in total. The maximum atomic E-state index is 11.9. The van der Waals surface area contributed by atoms with Crippen LogP contribution in [-0.2, 0) is 4.74 Å². The molecule has 0 atom stereocenters. The summed E-state index contributed by atoms with van der Waals surface area (Å²) in [5.41, 5.74) is 1.91. The maximum Gasteiger partial charge on any atom is 0.412 e. The van der Waals surface area contributed by atoms with Gasteiger partial charge in [-0.05, 0) is 51.5 Å². The van der Waals surface area contributed by atoms with Crippen LogP contribution in [0, 0.1) is 6.92 Å². The number of carbonyl (C=O) groups excluding carboxylic acids is 1. The summed E-state index contributed by atoms with van der Waals surface area (Å²) in [4.78, 5) is 16.5. The van der Waals surface area contributed by atoms with Crippen molar-refractivity contribution in [1.82, 2.24) is 4.98 Å². The molecule has 136 valence electrons. The van der Waals surface area contributed by atoms with Gasteiger partial charge in [-0.15, -0.1) is 0 Å². The van der Waals surface area contributed by atoms with Gasteiger partial charge < -0.3 is 9.47 Å². The third kappa shape index (κ3) is 4.65. The van der Waals surface area contributed by atoms with E-state index >= 15 is 0 Å². The number of benzene rings is 2. The van der Waals surface area contributed by atoms with Gasteiger partial charge in [-0.3, -0.25) is 5.32 Å². The van der Waals surface area contributed by atoms with Gasteiger partial charge in [0.1, 0.15) is 11.4 Å². The number of halogens is 1. The summed E-state index contributed by atoms with van der Waals surface area (Å²) in [5, 5.41) is 3.61. The van der Waals surface area contributed by atoms with E-state index in [4.69, 9.17) is 21.1 Å². The molecule has 0 spiro atoms. The smallest absolute Gasteiger partial charge is 0.412 e. The third-order valence-corrected chi connectivity index (χ3v) is 4.44. The van der Waals surface area contributed by atoms with Crippen molar-refractivity contribution >= 4 is 44.9 Å². The molecule has 0 unspecified atom stereocenters. The Bertz CT molecular complexity index is 963. The fourth-order valence-electron chi connectivity index (χ4n) is 2.33. The monoisotopic (exact) mass is 390 g/mol. The topological polar surface area (TPSA) is 60.5 Å². The Morgan fingerprint density at radius 2 is 2.00 bits per heavy atom. The molecule has 26 heavy (non-hydrogen) atoms. The summed E-state index contributed by atoms with van der Waals surface area (Å²) >= 11 is 7.60. The maximum absolute atomic E-state index is 11.9. The standard InChI is InChI=1S/C19H19ClN2O3S/c1-11-6-5-7-15-16(11)22-18(26-15)24-14-9-12(20)8-13(10-14)21-17(23)25-19(2,3)4/h5-10H,1-4H3,(H,21,23). The van der Waals surface area contributed by atoms with E-state index < -0.39 is 11.7 Å². The van der Waals surface area contributed by atoms with Gasteiger partial charge in [-0.2, -0.15) is 0 Å². The van der Waals surface area contributed by atoms with E-state index in [0.29, 0.717) is 21.7 Å². The van der Waals surface area contributed by atoms with Crippen molar-refractivity contribution in [2.75, 3.05) is 5.32 Å². The number of thiazole rings is 1. The Hall–Kier alpha value is -2.31. The molecule has 2 aromatic carbocycles. The Morgan fingerprint density at radius 1 is 1.23 bits per heavy atom. The van der Waals surface area contributed by atoms with Crippen molar-refractivity contribution < 1.29 is 14.3 Å². The van der Waals surface area contributed by atoms with Crippen LogP contribution in [-0.4, -0.2) is 16.7 Å². The lowest BCUT2D eigenvalue weighted by atomic mass is 10.2. The van der Waals surface area contributed by atoms with Crippen molar-refractivity contribution in [2.45, 2.75) is 33.3 Å². The van der Waals surface area contributed by atoms with Gasteiger partial charge in [0.2, 0.25) is 0 Å². The highest BCUT2D eigenvalue weighted by atomic mass is 35.5. The number of anilines is 1. The van der Waals surface area contributed by atoms with Crippen LogP contribution in [0.1, 0.15) is 26.3 Å². The van der Waals surface area contributed by atoms with Crippen LogP contribution in [0.4, 0.5) is 10.5 Å². The number of hydrogen-bond acceptors (Lipinski definition) is 5. The summed E-state index contributed by atoms with van der Waals surface area (Å²) < 4.78 is 12.2. The second-order valence-electron chi connectivity index (χ2n) is 6.81. The summed E-state index contributed by atoms with van der Waals surface area (Å²) in [5.74, 6) is 0.486. The lowest BCUT2D eigenvalue weighted by Gasteiger charge is -2.19. The van der Waals surface area contributed by atoms with Crippen LogP contribution in [0.2, 0.25) is 5.02 Å². The van der Waals surface area contributed by atoms with E-state index in [9.17, 15) is 4.79 Å². The van der Waals surface area contributed by atoms with Crippen LogP contribution < -0.4 is 10.1 Å². The zero-order valence-corrected chi connectivity index (χ0v) is 16.5. The number of nitrogens with zero attached hydrogens (tertiary/aromatic N) is 1. The SMILES string of the molecule is Cc1cccc2sc(Oc3cc(Cl)cc(NC(=O)OC(C)(C)C)c3)nc12. The van der Waals surface area contributed by atoms with Crippen molar-refractivity contribution in [3.8, 4) is 10.9 Å². The molecule has 0 fully saturated rings. The molecule has 0 aliphatic rings. The van der Waals surface area contributed by atoms with E-state index in [2.05, 4.69) is 10.3 Å². The van der Waals surface area contributed by atoms with E-state index in [1.165, 1.54) is 11.3 Å². The number of rotatable bonds is 3. The number of carbonyl (C=O) groups is 1. The molecule has 0 bridgehead atoms. The first kappa shape index (κ1) is 18.5. The minimum absolute atomic E-state index is 0.436. The lowest BCUT2D eigenvalue weighted by Crippen LogP contribution is -2.27. The summed E-state index contributed by atoms with van der Waals surface area (Å²) in [7, 11) is 0. The first-order chi connectivity index (χ1) is 12.2. The molecule has 1 heterocycles. The predicted octanol–water partition coefficient (Wildman–Crippen LogP) is 6.40. The second kappa shape index (κ2) is 7.13. The molecule has 3 aromatic rings. The molecule has 0 aliphatic heterocycles. The van der Waals surface area contributed by atoms with E-state index in [1.54, 1.807) is 39.0 Å². The Labute approximate surface area is 160 Å². The zero-order valence-electron chi connectivity index (χ0n) is 14.9. The van der Waals surface area contributed by atoms with Crippen molar-refractivity contribution in [2.24, 2.45) is 0 Å². The normalized spacial score (nSPS) is 11.4. The Kier molecular flexibility index (Phi) is 5.07. The Balaban J connectivity index is 1.80. The average Bonchev–Trinajstić information content (AvgIpc) is 2.88. The van der Waals surface area contributed by atoms with Crippen LogP contribution in [0.3, 0.4) is 0 Å². The number of aryl methyl sites for hydroxylation is 1. The zero-order chi connectivity index (χ0) is 18.9. The van der Waals surface area contributed by atoms with Gasteiger partial charge in [0.25, 0.3) is 5.19 Å². The number of fused-ring (bicyclic) bond motifs is 1. The van der Waals surface area contributed by atoms with E-state index in [-0.39, 0.29) is 0 Å². The highest BCUT2D eigenvalue weighted by Crippen LogP contribution is 2.34. The van der Waals surface area contributed by atoms with Crippen LogP contribution >= 0.6 is 22.9 Å². The molecule has 0 saturated carbocycles. The number of ether oxygens (including phenoxy) is 2. The summed E-state index contributed by atoms with van der Waals surface area (Å²) in [6.45, 7) is 7.41. The first-order valence-corrected chi connectivity index (χ1v) is 9.24. The second-order valence-corrected chi connectivity index (χ2v) is 8.24. The first-order valence-electron chi connectivity index (χ1n) is 8.04. The predicted molar refractivity (Wildman–Crippen MR) is 106 cm³/mol. The van der Waals surface area contributed by atoms with Crippen LogP contribution in [0.25, 0.3) is 10.2 Å². The Morgan fingerprint density at radius 3 is 2.69 bits per heavy atom. The lowest BCUT2D eigenvalue weighted by molar-refractivity contribution is 0.0636. The fraction of sp³-hybridized carbons (Fsp3) is 0.263. The van der Waals surface area contributed by atoms with Gasteiger partial charge in [0.05, 0.1) is 10.2 Å². The van der Waals surface area contributed by atoms with Crippen molar-refractivity contribution in [3.05, 3.63) is 47.0 Å². The number of aromatic nitrogens is 1.